The highest BCUT2D eigenvalue weighted by atomic mass is 32.2. The molecule has 5 nitrogen and oxygen atoms in total. The van der Waals surface area contributed by atoms with Crippen molar-refractivity contribution in [3.05, 3.63) is 84.2 Å². The Kier molecular flexibility index (Phi) is 7.33. The number of hydrogen-bond donors (Lipinski definition) is 1. The number of alkyl halides is 3. The molecule has 3 aromatic rings. The molecule has 0 saturated heterocycles. The van der Waals surface area contributed by atoms with Crippen molar-refractivity contribution < 1.29 is 30.8 Å². The van der Waals surface area contributed by atoms with Crippen LogP contribution < -0.4 is 9.62 Å². The third kappa shape index (κ3) is 5.85. The first-order valence-corrected chi connectivity index (χ1v) is 12.1. The number of rotatable bonds is 7. The van der Waals surface area contributed by atoms with Gasteiger partial charge < -0.3 is 5.32 Å². The lowest BCUT2D eigenvalue weighted by Gasteiger charge is -2.24. The molecule has 0 saturated carbocycles. The molecule has 3 rings (SSSR count). The standard InChI is InChI=1S/C22H18F4N2O3S2/c1-32-17-9-11-18(12-10-17)33(30,31)28(16-6-4-5-15(23)13-16)14-21(29)27-20-8-3-2-7-19(20)22(24,25)26/h2-13H,14H2,1H3,(H,27,29). The summed E-state index contributed by atoms with van der Waals surface area (Å²) in [4.78, 5) is 13.3. The Morgan fingerprint density at radius 2 is 1.67 bits per heavy atom. The summed E-state index contributed by atoms with van der Waals surface area (Å²) in [5.41, 5.74) is -1.75. The van der Waals surface area contributed by atoms with E-state index >= 15 is 0 Å². The van der Waals surface area contributed by atoms with E-state index < -0.39 is 45.7 Å². The van der Waals surface area contributed by atoms with Gasteiger partial charge in [0.15, 0.2) is 0 Å². The second-order valence-electron chi connectivity index (χ2n) is 6.76. The maximum absolute atomic E-state index is 13.8. The smallest absolute Gasteiger partial charge is 0.324 e. The molecule has 174 valence electrons. The van der Waals surface area contributed by atoms with Crippen LogP contribution in [0.2, 0.25) is 0 Å². The molecule has 0 radical (unpaired) electrons. The number of thioether (sulfide) groups is 1. The minimum atomic E-state index is -4.72. The van der Waals surface area contributed by atoms with Crippen molar-refractivity contribution in [2.24, 2.45) is 0 Å². The lowest BCUT2D eigenvalue weighted by atomic mass is 10.1. The van der Waals surface area contributed by atoms with Gasteiger partial charge in [0.25, 0.3) is 10.0 Å². The van der Waals surface area contributed by atoms with Crippen molar-refractivity contribution in [3.63, 3.8) is 0 Å². The number of halogens is 4. The van der Waals surface area contributed by atoms with E-state index in [9.17, 15) is 30.8 Å². The molecule has 0 aromatic heterocycles. The molecular weight excluding hydrogens is 480 g/mol. The molecule has 33 heavy (non-hydrogen) atoms. The topological polar surface area (TPSA) is 66.5 Å². The van der Waals surface area contributed by atoms with E-state index in [4.69, 9.17) is 0 Å². The molecular formula is C22H18F4N2O3S2. The molecule has 0 unspecified atom stereocenters. The summed E-state index contributed by atoms with van der Waals surface area (Å²) >= 11 is 1.40. The molecule has 0 spiro atoms. The van der Waals surface area contributed by atoms with Crippen LogP contribution in [0.5, 0.6) is 0 Å². The number of nitrogens with one attached hydrogen (secondary N) is 1. The average molecular weight is 499 g/mol. The number of hydrogen-bond acceptors (Lipinski definition) is 4. The molecule has 1 amide bonds. The Labute approximate surface area is 192 Å². The Balaban J connectivity index is 1.97. The number of para-hydroxylation sites is 1. The van der Waals surface area contributed by atoms with E-state index in [2.05, 4.69) is 5.32 Å². The lowest BCUT2D eigenvalue weighted by Crippen LogP contribution is -2.38. The zero-order valence-electron chi connectivity index (χ0n) is 17.1. The van der Waals surface area contributed by atoms with Gasteiger partial charge in [-0.15, -0.1) is 11.8 Å². The highest BCUT2D eigenvalue weighted by molar-refractivity contribution is 7.98. The summed E-state index contributed by atoms with van der Waals surface area (Å²) in [6, 6.07) is 14.7. The summed E-state index contributed by atoms with van der Waals surface area (Å²) in [5.74, 6) is -1.77. The molecule has 1 N–H and O–H groups in total. The second kappa shape index (κ2) is 9.84. The number of amides is 1. The normalized spacial score (nSPS) is 11.8. The van der Waals surface area contributed by atoms with Crippen LogP contribution in [0.3, 0.4) is 0 Å². The Morgan fingerprint density at radius 3 is 2.27 bits per heavy atom. The van der Waals surface area contributed by atoms with E-state index in [0.717, 1.165) is 29.2 Å². The number of nitrogens with zero attached hydrogens (tertiary/aromatic N) is 1. The van der Waals surface area contributed by atoms with E-state index in [1.54, 1.807) is 12.1 Å². The van der Waals surface area contributed by atoms with Crippen LogP contribution in [-0.4, -0.2) is 27.1 Å². The van der Waals surface area contributed by atoms with Crippen LogP contribution in [0.4, 0.5) is 28.9 Å². The zero-order chi connectivity index (χ0) is 24.2. The highest BCUT2D eigenvalue weighted by Gasteiger charge is 2.34. The van der Waals surface area contributed by atoms with Crippen molar-refractivity contribution in [1.82, 2.24) is 0 Å². The second-order valence-corrected chi connectivity index (χ2v) is 9.50. The van der Waals surface area contributed by atoms with Gasteiger partial charge in [0, 0.05) is 4.90 Å². The molecule has 0 aliphatic heterocycles. The minimum Gasteiger partial charge on any atom is -0.324 e. The summed E-state index contributed by atoms with van der Waals surface area (Å²) in [5, 5.41) is 2.11. The first-order valence-electron chi connectivity index (χ1n) is 9.41. The van der Waals surface area contributed by atoms with Gasteiger partial charge in [-0.05, 0) is 60.9 Å². The summed E-state index contributed by atoms with van der Waals surface area (Å²) in [7, 11) is -4.35. The number of carbonyl (C=O) groups excluding carboxylic acids is 1. The van der Waals surface area contributed by atoms with Gasteiger partial charge in [0.2, 0.25) is 5.91 Å². The third-order valence-electron chi connectivity index (χ3n) is 4.54. The van der Waals surface area contributed by atoms with E-state index in [1.165, 1.54) is 48.2 Å². The molecule has 0 aliphatic rings. The number of carbonyl (C=O) groups is 1. The number of sulfonamides is 1. The third-order valence-corrected chi connectivity index (χ3v) is 7.07. The first kappa shape index (κ1) is 24.6. The molecule has 3 aromatic carbocycles. The van der Waals surface area contributed by atoms with Gasteiger partial charge in [0.05, 0.1) is 21.8 Å². The maximum atomic E-state index is 13.8. The van der Waals surface area contributed by atoms with Gasteiger partial charge in [-0.25, -0.2) is 12.8 Å². The quantitative estimate of drug-likeness (QED) is 0.350. The fourth-order valence-electron chi connectivity index (χ4n) is 2.98. The van der Waals surface area contributed by atoms with Crippen LogP contribution in [0.25, 0.3) is 0 Å². The van der Waals surface area contributed by atoms with Gasteiger partial charge in [-0.3, -0.25) is 9.10 Å². The summed E-state index contributed by atoms with van der Waals surface area (Å²) in [6.07, 6.45) is -2.91. The number of benzene rings is 3. The van der Waals surface area contributed by atoms with Gasteiger partial charge in [0.1, 0.15) is 12.4 Å². The summed E-state index contributed by atoms with van der Waals surface area (Å²) < 4.78 is 80.8. The molecule has 0 aliphatic carbocycles. The van der Waals surface area contributed by atoms with Crippen LogP contribution in [0.1, 0.15) is 5.56 Å². The van der Waals surface area contributed by atoms with Crippen molar-refractivity contribution in [2.75, 3.05) is 22.4 Å². The van der Waals surface area contributed by atoms with Gasteiger partial charge in [-0.2, -0.15) is 13.2 Å². The maximum Gasteiger partial charge on any atom is 0.418 e. The fraction of sp³-hybridized carbons (Fsp3) is 0.136. The summed E-state index contributed by atoms with van der Waals surface area (Å²) in [6.45, 7) is -0.873. The van der Waals surface area contributed by atoms with Crippen LogP contribution >= 0.6 is 11.8 Å². The van der Waals surface area contributed by atoms with Gasteiger partial charge in [-0.1, -0.05) is 18.2 Å². The van der Waals surface area contributed by atoms with Crippen molar-refractivity contribution in [3.8, 4) is 0 Å². The molecule has 0 fully saturated rings. The lowest BCUT2D eigenvalue weighted by molar-refractivity contribution is -0.137. The Hall–Kier alpha value is -3.05. The van der Waals surface area contributed by atoms with Crippen molar-refractivity contribution in [2.45, 2.75) is 16.0 Å². The Morgan fingerprint density at radius 1 is 1.00 bits per heavy atom. The van der Waals surface area contributed by atoms with Crippen LogP contribution in [0.15, 0.2) is 82.6 Å². The molecule has 0 heterocycles. The average Bonchev–Trinajstić information content (AvgIpc) is 2.77. The highest BCUT2D eigenvalue weighted by Crippen LogP contribution is 2.34. The largest absolute Gasteiger partial charge is 0.418 e. The molecule has 11 heteroatoms. The predicted octanol–water partition coefficient (Wildman–Crippen LogP) is 5.40. The molecule has 0 atom stereocenters. The molecule has 0 bridgehead atoms. The number of anilines is 2. The van der Waals surface area contributed by atoms with Crippen LogP contribution in [0, 0.1) is 5.82 Å². The SMILES string of the molecule is CSc1ccc(S(=O)(=O)N(CC(=O)Nc2ccccc2C(F)(F)F)c2cccc(F)c2)cc1. The van der Waals surface area contributed by atoms with Crippen molar-refractivity contribution >= 4 is 39.1 Å². The fourth-order valence-corrected chi connectivity index (χ4v) is 4.80. The minimum absolute atomic E-state index is 0.150. The van der Waals surface area contributed by atoms with E-state index in [-0.39, 0.29) is 10.6 Å². The van der Waals surface area contributed by atoms with Crippen LogP contribution in [-0.2, 0) is 21.0 Å². The van der Waals surface area contributed by atoms with E-state index in [0.29, 0.717) is 4.31 Å². The van der Waals surface area contributed by atoms with Crippen molar-refractivity contribution in [1.29, 1.82) is 0 Å². The Bertz CT molecular complexity index is 1250. The first-order chi connectivity index (χ1) is 15.5. The predicted molar refractivity (Wildman–Crippen MR) is 119 cm³/mol. The zero-order valence-corrected chi connectivity index (χ0v) is 18.8. The van der Waals surface area contributed by atoms with E-state index in [1.807, 2.05) is 6.26 Å². The monoisotopic (exact) mass is 498 g/mol. The van der Waals surface area contributed by atoms with Gasteiger partial charge >= 0.3 is 6.18 Å².